The Labute approximate surface area is 92.4 Å². The Bertz CT molecular complexity index is 383. The third-order valence-corrected chi connectivity index (χ3v) is 2.20. The fourth-order valence-electron chi connectivity index (χ4n) is 1.36. The third kappa shape index (κ3) is 2.28. The summed E-state index contributed by atoms with van der Waals surface area (Å²) in [6, 6.07) is -0.514. The molecule has 0 aromatic carbocycles. The van der Waals surface area contributed by atoms with Crippen LogP contribution in [0.15, 0.2) is 0 Å². The van der Waals surface area contributed by atoms with E-state index >= 15 is 0 Å². The first-order valence-corrected chi connectivity index (χ1v) is 4.70. The van der Waals surface area contributed by atoms with Crippen LogP contribution >= 0.6 is 0 Å². The zero-order valence-electron chi connectivity index (χ0n) is 9.03. The highest BCUT2D eigenvalue weighted by Gasteiger charge is 2.43. The number of nitriles is 1. The van der Waals surface area contributed by atoms with Crippen LogP contribution in [-0.2, 0) is 9.59 Å². The molecule has 0 radical (unpaired) electrons. The van der Waals surface area contributed by atoms with E-state index in [-0.39, 0.29) is 18.9 Å². The van der Waals surface area contributed by atoms with Gasteiger partial charge in [0.05, 0.1) is 0 Å². The lowest BCUT2D eigenvalue weighted by molar-refractivity contribution is -0.130. The van der Waals surface area contributed by atoms with Gasteiger partial charge in [-0.25, -0.2) is 4.79 Å². The monoisotopic (exact) mass is 224 g/mol. The molecule has 1 heterocycles. The van der Waals surface area contributed by atoms with Crippen LogP contribution in [-0.4, -0.2) is 34.8 Å². The number of carbonyl (C=O) groups excluding carboxylic acids is 3. The maximum Gasteiger partial charge on any atom is 0.325 e. The minimum atomic E-state index is -0.928. The van der Waals surface area contributed by atoms with Crippen molar-refractivity contribution in [3.63, 3.8) is 0 Å². The van der Waals surface area contributed by atoms with Crippen molar-refractivity contribution >= 4 is 17.8 Å². The van der Waals surface area contributed by atoms with Gasteiger partial charge in [-0.05, 0) is 13.8 Å². The number of hydrogen-bond donors (Lipinski definition) is 2. The van der Waals surface area contributed by atoms with E-state index in [2.05, 4.69) is 5.32 Å². The summed E-state index contributed by atoms with van der Waals surface area (Å²) in [6.45, 7) is 3.15. The normalized spacial score (nSPS) is 17.9. The molecule has 0 aromatic rings. The Kier molecular flexibility index (Phi) is 3.13. The topological polar surface area (TPSA) is 102 Å². The standard InChI is InChI=1S/C9H12N4O3/c1-9(2)7(15)13(8(16)12-9)4-3-6(14)11-5-10/h3-4H2,1-2H3,(H,11,14)(H,12,16). The maximum absolute atomic E-state index is 11.7. The van der Waals surface area contributed by atoms with Crippen LogP contribution in [0, 0.1) is 11.5 Å². The van der Waals surface area contributed by atoms with Crippen LogP contribution in [0.3, 0.4) is 0 Å². The van der Waals surface area contributed by atoms with Crippen molar-refractivity contribution in [1.82, 2.24) is 15.5 Å². The fourth-order valence-corrected chi connectivity index (χ4v) is 1.36. The van der Waals surface area contributed by atoms with E-state index in [1.807, 2.05) is 5.32 Å². The van der Waals surface area contributed by atoms with Gasteiger partial charge < -0.3 is 5.32 Å². The van der Waals surface area contributed by atoms with Gasteiger partial charge in [0.1, 0.15) is 5.54 Å². The molecule has 0 unspecified atom stereocenters. The lowest BCUT2D eigenvalue weighted by Crippen LogP contribution is -2.40. The molecule has 4 amide bonds. The molecule has 0 spiro atoms. The van der Waals surface area contributed by atoms with E-state index in [0.717, 1.165) is 4.90 Å². The fraction of sp³-hybridized carbons (Fsp3) is 0.556. The predicted octanol–water partition coefficient (Wildman–Crippen LogP) is -0.696. The van der Waals surface area contributed by atoms with E-state index in [9.17, 15) is 14.4 Å². The average Bonchev–Trinajstić information content (AvgIpc) is 2.35. The maximum atomic E-state index is 11.7. The second-order valence-corrected chi connectivity index (χ2v) is 3.92. The number of carbonyl (C=O) groups is 3. The van der Waals surface area contributed by atoms with Crippen LogP contribution in [0.2, 0.25) is 0 Å². The number of nitrogens with one attached hydrogen (secondary N) is 2. The SMILES string of the molecule is CC1(C)NC(=O)N(CCC(=O)NC#N)C1=O. The lowest BCUT2D eigenvalue weighted by Gasteiger charge is -2.15. The summed E-state index contributed by atoms with van der Waals surface area (Å²) in [5.41, 5.74) is -0.928. The van der Waals surface area contributed by atoms with E-state index in [4.69, 9.17) is 5.26 Å². The molecule has 0 aromatic heterocycles. The number of imide groups is 1. The van der Waals surface area contributed by atoms with Gasteiger partial charge in [0, 0.05) is 13.0 Å². The summed E-state index contributed by atoms with van der Waals surface area (Å²) in [6.07, 6.45) is 1.40. The van der Waals surface area contributed by atoms with E-state index in [0.29, 0.717) is 0 Å². The second kappa shape index (κ2) is 4.18. The Balaban J connectivity index is 2.57. The van der Waals surface area contributed by atoms with Crippen LogP contribution in [0.25, 0.3) is 0 Å². The highest BCUT2D eigenvalue weighted by Crippen LogP contribution is 2.16. The van der Waals surface area contributed by atoms with E-state index in [1.54, 1.807) is 13.8 Å². The molecule has 0 atom stereocenters. The minimum absolute atomic E-state index is 0.0262. The van der Waals surface area contributed by atoms with Gasteiger partial charge in [-0.3, -0.25) is 19.8 Å². The quantitative estimate of drug-likeness (QED) is 0.376. The summed E-state index contributed by atoms with van der Waals surface area (Å²) < 4.78 is 0. The average molecular weight is 224 g/mol. The van der Waals surface area contributed by atoms with Crippen LogP contribution < -0.4 is 10.6 Å². The first-order chi connectivity index (χ1) is 7.38. The molecule has 86 valence electrons. The molecule has 0 saturated carbocycles. The number of rotatable bonds is 3. The lowest BCUT2D eigenvalue weighted by atomic mass is 10.1. The van der Waals surface area contributed by atoms with E-state index < -0.39 is 17.5 Å². The van der Waals surface area contributed by atoms with Gasteiger partial charge in [-0.2, -0.15) is 5.26 Å². The Hall–Kier alpha value is -2.10. The zero-order valence-corrected chi connectivity index (χ0v) is 9.03. The van der Waals surface area contributed by atoms with Crippen molar-refractivity contribution < 1.29 is 14.4 Å². The predicted molar refractivity (Wildman–Crippen MR) is 52.7 cm³/mol. The summed E-state index contributed by atoms with van der Waals surface area (Å²) in [7, 11) is 0. The minimum Gasteiger partial charge on any atom is -0.324 e. The molecule has 1 fully saturated rings. The Morgan fingerprint density at radius 1 is 1.56 bits per heavy atom. The van der Waals surface area contributed by atoms with Gasteiger partial charge in [-0.1, -0.05) is 0 Å². The largest absolute Gasteiger partial charge is 0.325 e. The van der Waals surface area contributed by atoms with Crippen molar-refractivity contribution in [3.8, 4) is 6.19 Å². The van der Waals surface area contributed by atoms with Gasteiger partial charge in [0.25, 0.3) is 5.91 Å². The highest BCUT2D eigenvalue weighted by molar-refractivity contribution is 6.06. The van der Waals surface area contributed by atoms with Crippen LogP contribution in [0.5, 0.6) is 0 Å². The summed E-state index contributed by atoms with van der Waals surface area (Å²) in [5.74, 6) is -0.893. The second-order valence-electron chi connectivity index (χ2n) is 3.92. The van der Waals surface area contributed by atoms with Gasteiger partial charge in [-0.15, -0.1) is 0 Å². The first kappa shape index (κ1) is 12.0. The number of hydrogen-bond acceptors (Lipinski definition) is 4. The number of amides is 4. The summed E-state index contributed by atoms with van der Waals surface area (Å²) in [5, 5.41) is 12.6. The number of nitrogens with zero attached hydrogens (tertiary/aromatic N) is 2. The molecular formula is C9H12N4O3. The Morgan fingerprint density at radius 2 is 2.19 bits per heavy atom. The van der Waals surface area contributed by atoms with Crippen LogP contribution in [0.4, 0.5) is 4.79 Å². The summed E-state index contributed by atoms with van der Waals surface area (Å²) >= 11 is 0. The Morgan fingerprint density at radius 3 is 2.62 bits per heavy atom. The molecule has 7 heteroatoms. The smallest absolute Gasteiger partial charge is 0.324 e. The molecule has 7 nitrogen and oxygen atoms in total. The summed E-state index contributed by atoms with van der Waals surface area (Å²) in [4.78, 5) is 35.0. The number of urea groups is 1. The van der Waals surface area contributed by atoms with Crippen molar-refractivity contribution in [2.45, 2.75) is 25.8 Å². The zero-order chi connectivity index (χ0) is 12.3. The van der Waals surface area contributed by atoms with Crippen molar-refractivity contribution in [2.24, 2.45) is 0 Å². The molecule has 2 N–H and O–H groups in total. The van der Waals surface area contributed by atoms with Crippen LogP contribution in [0.1, 0.15) is 20.3 Å². The third-order valence-electron chi connectivity index (χ3n) is 2.20. The van der Waals surface area contributed by atoms with Gasteiger partial charge >= 0.3 is 6.03 Å². The van der Waals surface area contributed by atoms with Gasteiger partial charge in [0.15, 0.2) is 6.19 Å². The van der Waals surface area contributed by atoms with E-state index in [1.165, 1.54) is 6.19 Å². The molecule has 0 bridgehead atoms. The molecule has 1 saturated heterocycles. The molecule has 1 aliphatic rings. The van der Waals surface area contributed by atoms with Crippen molar-refractivity contribution in [2.75, 3.05) is 6.54 Å². The van der Waals surface area contributed by atoms with Crippen molar-refractivity contribution in [1.29, 1.82) is 5.26 Å². The highest BCUT2D eigenvalue weighted by atomic mass is 16.2. The van der Waals surface area contributed by atoms with Crippen molar-refractivity contribution in [3.05, 3.63) is 0 Å². The molecule has 1 rings (SSSR count). The first-order valence-electron chi connectivity index (χ1n) is 4.70. The molecule has 1 aliphatic heterocycles. The molecule has 0 aliphatic carbocycles. The molecule has 16 heavy (non-hydrogen) atoms. The molecular weight excluding hydrogens is 212 g/mol. The van der Waals surface area contributed by atoms with Gasteiger partial charge in [0.2, 0.25) is 5.91 Å².